The van der Waals surface area contributed by atoms with Crippen molar-refractivity contribution in [3.63, 3.8) is 0 Å². The van der Waals surface area contributed by atoms with Crippen LogP contribution in [0.5, 0.6) is 0 Å². The highest BCUT2D eigenvalue weighted by molar-refractivity contribution is 6.30. The first-order valence-electron chi connectivity index (χ1n) is 9.70. The van der Waals surface area contributed by atoms with Gasteiger partial charge in [0.1, 0.15) is 11.6 Å². The van der Waals surface area contributed by atoms with Gasteiger partial charge in [0, 0.05) is 30.2 Å². The Morgan fingerprint density at radius 3 is 2.74 bits per heavy atom. The number of benzene rings is 1. The van der Waals surface area contributed by atoms with Crippen molar-refractivity contribution in [2.24, 2.45) is 5.92 Å². The van der Waals surface area contributed by atoms with E-state index in [-0.39, 0.29) is 12.4 Å². The average molecular weight is 391 g/mol. The Morgan fingerprint density at radius 2 is 2.00 bits per heavy atom. The first-order chi connectivity index (χ1) is 13.1. The molecule has 0 N–H and O–H groups in total. The number of ether oxygens (including phenoxy) is 2. The van der Waals surface area contributed by atoms with E-state index in [0.29, 0.717) is 12.5 Å². The molecular formula is C20H27ClN4O2. The van der Waals surface area contributed by atoms with Crippen LogP contribution >= 0.6 is 11.6 Å². The minimum absolute atomic E-state index is 0.111. The molecule has 4 rings (SSSR count). The number of hydrogen-bond donors (Lipinski definition) is 0. The molecule has 0 radical (unpaired) electrons. The summed E-state index contributed by atoms with van der Waals surface area (Å²) in [6, 6.07) is 7.68. The second-order valence-corrected chi connectivity index (χ2v) is 8.07. The van der Waals surface area contributed by atoms with Crippen LogP contribution < -0.4 is 0 Å². The molecule has 6 nitrogen and oxygen atoms in total. The number of likely N-dealkylation sites (tertiary alicyclic amines) is 1. The highest BCUT2D eigenvalue weighted by atomic mass is 35.5. The molecule has 0 spiro atoms. The highest BCUT2D eigenvalue weighted by Crippen LogP contribution is 2.29. The number of nitrogens with zero attached hydrogens (tertiary/aromatic N) is 4. The van der Waals surface area contributed by atoms with Gasteiger partial charge in [-0.15, -0.1) is 0 Å². The van der Waals surface area contributed by atoms with Gasteiger partial charge in [0.05, 0.1) is 12.7 Å². The Hall–Kier alpha value is -1.47. The second kappa shape index (κ2) is 8.27. The number of rotatable bonds is 5. The number of piperidine rings is 1. The van der Waals surface area contributed by atoms with Crippen LogP contribution in [-0.4, -0.2) is 52.0 Å². The van der Waals surface area contributed by atoms with Crippen LogP contribution in [0.25, 0.3) is 0 Å². The molecule has 2 aliphatic rings. The van der Waals surface area contributed by atoms with E-state index in [4.69, 9.17) is 21.1 Å². The van der Waals surface area contributed by atoms with Crippen LogP contribution in [0.1, 0.15) is 36.3 Å². The van der Waals surface area contributed by atoms with Gasteiger partial charge >= 0.3 is 0 Å². The van der Waals surface area contributed by atoms with E-state index in [1.165, 1.54) is 12.8 Å². The number of aromatic nitrogens is 3. The number of aryl methyl sites for hydroxylation is 2. The predicted octanol–water partition coefficient (Wildman–Crippen LogP) is 3.37. The lowest BCUT2D eigenvalue weighted by molar-refractivity contribution is -0.0657. The Balaban J connectivity index is 1.29. The van der Waals surface area contributed by atoms with Crippen molar-refractivity contribution >= 4 is 11.6 Å². The van der Waals surface area contributed by atoms with E-state index in [0.717, 1.165) is 48.4 Å². The molecule has 7 heteroatoms. The summed E-state index contributed by atoms with van der Waals surface area (Å²) in [5, 5.41) is 5.24. The molecular weight excluding hydrogens is 364 g/mol. The summed E-state index contributed by atoms with van der Waals surface area (Å²) in [4.78, 5) is 6.92. The first-order valence-corrected chi connectivity index (χ1v) is 10.1. The topological polar surface area (TPSA) is 52.4 Å². The summed E-state index contributed by atoms with van der Waals surface area (Å²) in [6.45, 7) is 8.66. The molecule has 0 amide bonds. The van der Waals surface area contributed by atoms with E-state index < -0.39 is 0 Å². The molecule has 2 aliphatic heterocycles. The van der Waals surface area contributed by atoms with E-state index >= 15 is 0 Å². The molecule has 0 aliphatic carbocycles. The van der Waals surface area contributed by atoms with E-state index in [9.17, 15) is 0 Å². The minimum atomic E-state index is -0.284. The van der Waals surface area contributed by atoms with Crippen molar-refractivity contribution in [2.45, 2.75) is 45.6 Å². The molecule has 1 aromatic heterocycles. The summed E-state index contributed by atoms with van der Waals surface area (Å²) < 4.78 is 14.0. The lowest BCUT2D eigenvalue weighted by atomic mass is 9.98. The lowest BCUT2D eigenvalue weighted by Crippen LogP contribution is -2.42. The van der Waals surface area contributed by atoms with Gasteiger partial charge in [-0.05, 0) is 51.3 Å². The lowest BCUT2D eigenvalue weighted by Gasteiger charge is -2.33. The zero-order chi connectivity index (χ0) is 18.8. The van der Waals surface area contributed by atoms with Crippen molar-refractivity contribution in [3.8, 4) is 0 Å². The van der Waals surface area contributed by atoms with Crippen molar-refractivity contribution in [2.75, 3.05) is 26.2 Å². The number of halogens is 1. The Labute approximate surface area is 165 Å². The highest BCUT2D eigenvalue weighted by Gasteiger charge is 2.30. The van der Waals surface area contributed by atoms with Gasteiger partial charge in [0.15, 0.2) is 6.29 Å². The van der Waals surface area contributed by atoms with Gasteiger partial charge < -0.3 is 14.4 Å². The zero-order valence-electron chi connectivity index (χ0n) is 16.0. The predicted molar refractivity (Wildman–Crippen MR) is 104 cm³/mol. The van der Waals surface area contributed by atoms with Gasteiger partial charge in [-0.25, -0.2) is 9.67 Å². The third-order valence-corrected chi connectivity index (χ3v) is 5.60. The molecule has 0 bridgehead atoms. The van der Waals surface area contributed by atoms with Crippen molar-refractivity contribution in [3.05, 3.63) is 46.5 Å². The maximum atomic E-state index is 6.13. The smallest absolute Gasteiger partial charge is 0.184 e. The molecule has 3 unspecified atom stereocenters. The number of hydrogen-bond acceptors (Lipinski definition) is 5. The molecule has 2 fully saturated rings. The largest absolute Gasteiger partial charge is 0.346 e. The Morgan fingerprint density at radius 1 is 1.19 bits per heavy atom. The molecule has 1 aromatic carbocycles. The van der Waals surface area contributed by atoms with Gasteiger partial charge in [-0.2, -0.15) is 5.10 Å². The van der Waals surface area contributed by atoms with Crippen LogP contribution in [0.15, 0.2) is 24.3 Å². The molecule has 0 saturated carbocycles. The van der Waals surface area contributed by atoms with Crippen molar-refractivity contribution in [1.29, 1.82) is 0 Å². The molecule has 3 heterocycles. The Bertz CT molecular complexity index is 764. The van der Waals surface area contributed by atoms with E-state index in [1.807, 2.05) is 38.1 Å². The van der Waals surface area contributed by atoms with Crippen LogP contribution in [0, 0.1) is 19.8 Å². The van der Waals surface area contributed by atoms with Gasteiger partial charge in [-0.1, -0.05) is 23.7 Å². The molecule has 146 valence electrons. The van der Waals surface area contributed by atoms with Crippen LogP contribution in [0.2, 0.25) is 5.02 Å². The first kappa shape index (κ1) is 18.9. The fourth-order valence-corrected chi connectivity index (χ4v) is 4.20. The van der Waals surface area contributed by atoms with Crippen molar-refractivity contribution < 1.29 is 9.47 Å². The maximum absolute atomic E-state index is 6.13. The summed E-state index contributed by atoms with van der Waals surface area (Å²) in [5.74, 6) is 2.46. The van der Waals surface area contributed by atoms with Crippen LogP contribution in [-0.2, 0) is 16.0 Å². The summed E-state index contributed by atoms with van der Waals surface area (Å²) >= 11 is 5.96. The van der Waals surface area contributed by atoms with E-state index in [1.54, 1.807) is 0 Å². The quantitative estimate of drug-likeness (QED) is 0.783. The monoisotopic (exact) mass is 390 g/mol. The van der Waals surface area contributed by atoms with Gasteiger partial charge in [-0.3, -0.25) is 0 Å². The van der Waals surface area contributed by atoms with Crippen LogP contribution in [0.3, 0.4) is 0 Å². The molecule has 3 atom stereocenters. The fraction of sp³-hybridized carbons (Fsp3) is 0.600. The van der Waals surface area contributed by atoms with Gasteiger partial charge in [0.25, 0.3) is 0 Å². The molecule has 2 aromatic rings. The molecule has 27 heavy (non-hydrogen) atoms. The molecule has 2 saturated heterocycles. The minimum Gasteiger partial charge on any atom is -0.346 e. The van der Waals surface area contributed by atoms with Crippen LogP contribution in [0.4, 0.5) is 0 Å². The second-order valence-electron chi connectivity index (χ2n) is 7.63. The van der Waals surface area contributed by atoms with Gasteiger partial charge in [0.2, 0.25) is 0 Å². The zero-order valence-corrected chi connectivity index (χ0v) is 16.7. The standard InChI is InChI=1S/C20H27ClN4O2/c1-14-22-15(2)25(23-14)11-16-4-3-9-24(10-16)12-19-13-26-20(27-19)17-5-7-18(21)8-6-17/h5-8,16,19-20H,3-4,9-13H2,1-2H3. The SMILES string of the molecule is Cc1nc(C)n(CC2CCCN(CC3COC(c4ccc(Cl)cc4)O3)C2)n1. The normalized spacial score (nSPS) is 26.6. The fourth-order valence-electron chi connectivity index (χ4n) is 4.07. The van der Waals surface area contributed by atoms with E-state index in [2.05, 4.69) is 19.7 Å². The summed E-state index contributed by atoms with van der Waals surface area (Å²) in [7, 11) is 0. The Kier molecular flexibility index (Phi) is 5.78. The third kappa shape index (κ3) is 4.69. The average Bonchev–Trinajstić information content (AvgIpc) is 3.22. The maximum Gasteiger partial charge on any atom is 0.184 e. The summed E-state index contributed by atoms with van der Waals surface area (Å²) in [6.07, 6.45) is 2.28. The van der Waals surface area contributed by atoms with Crippen molar-refractivity contribution in [1.82, 2.24) is 19.7 Å². The third-order valence-electron chi connectivity index (χ3n) is 5.35. The summed E-state index contributed by atoms with van der Waals surface area (Å²) in [5.41, 5.74) is 1.02.